The molecule has 182 valence electrons. The van der Waals surface area contributed by atoms with E-state index in [0.717, 1.165) is 50.5 Å². The summed E-state index contributed by atoms with van der Waals surface area (Å²) in [6.45, 7) is 7.29. The van der Waals surface area contributed by atoms with Crippen molar-refractivity contribution in [2.75, 3.05) is 13.2 Å². The summed E-state index contributed by atoms with van der Waals surface area (Å²) in [5.74, 6) is 6.51. The maximum absolute atomic E-state index is 12.7. The fourth-order valence-electron chi connectivity index (χ4n) is 4.08. The van der Waals surface area contributed by atoms with Crippen LogP contribution in [0.5, 0.6) is 0 Å². The number of ether oxygens (including phenoxy) is 2. The Hall–Kier alpha value is -1.60. The summed E-state index contributed by atoms with van der Waals surface area (Å²) in [5, 5.41) is 0. The molecule has 0 fully saturated rings. The van der Waals surface area contributed by atoms with E-state index in [1.54, 1.807) is 6.08 Å². The number of ketones is 1. The van der Waals surface area contributed by atoms with Crippen LogP contribution in [0, 0.1) is 17.8 Å². The lowest BCUT2D eigenvalue weighted by atomic mass is 9.93. The Kier molecular flexibility index (Phi) is 16.8. The minimum absolute atomic E-state index is 0.0828. The topological polar surface area (TPSA) is 52.6 Å². The van der Waals surface area contributed by atoms with Crippen molar-refractivity contribution < 1.29 is 19.1 Å². The molecular weight excluding hydrogens is 400 g/mol. The van der Waals surface area contributed by atoms with Crippen molar-refractivity contribution in [3.63, 3.8) is 0 Å². The molecule has 32 heavy (non-hydrogen) atoms. The molecule has 0 aromatic rings. The van der Waals surface area contributed by atoms with Crippen LogP contribution in [0.15, 0.2) is 11.6 Å². The van der Waals surface area contributed by atoms with Crippen molar-refractivity contribution in [3.8, 4) is 11.8 Å². The highest BCUT2D eigenvalue weighted by atomic mass is 16.5. The SMILES string of the molecule is CCCCCCC#CC1=CC(=O)[C@H](CCCCCCC)[C@@H]1OCCCCCC(=O)OCC. The van der Waals surface area contributed by atoms with Gasteiger partial charge in [-0.25, -0.2) is 0 Å². The maximum Gasteiger partial charge on any atom is 0.305 e. The van der Waals surface area contributed by atoms with Crippen LogP contribution in [0.2, 0.25) is 0 Å². The van der Waals surface area contributed by atoms with Gasteiger partial charge in [0.25, 0.3) is 0 Å². The van der Waals surface area contributed by atoms with E-state index in [-0.39, 0.29) is 23.8 Å². The normalized spacial score (nSPS) is 17.7. The molecule has 0 saturated heterocycles. The van der Waals surface area contributed by atoms with Crippen LogP contribution in [0.3, 0.4) is 0 Å². The van der Waals surface area contributed by atoms with E-state index < -0.39 is 0 Å². The van der Waals surface area contributed by atoms with Gasteiger partial charge in [0.2, 0.25) is 0 Å². The molecule has 0 N–H and O–H groups in total. The molecule has 0 aromatic heterocycles. The van der Waals surface area contributed by atoms with Gasteiger partial charge in [0.05, 0.1) is 12.5 Å². The van der Waals surface area contributed by atoms with Crippen LogP contribution in [-0.4, -0.2) is 31.1 Å². The number of unbranched alkanes of at least 4 members (excludes halogenated alkanes) is 10. The van der Waals surface area contributed by atoms with Crippen molar-refractivity contribution in [1.82, 2.24) is 0 Å². The van der Waals surface area contributed by atoms with E-state index in [1.165, 1.54) is 44.9 Å². The molecule has 0 spiro atoms. The molecule has 4 nitrogen and oxygen atoms in total. The molecule has 0 bridgehead atoms. The van der Waals surface area contributed by atoms with Crippen molar-refractivity contribution in [1.29, 1.82) is 0 Å². The van der Waals surface area contributed by atoms with E-state index >= 15 is 0 Å². The lowest BCUT2D eigenvalue weighted by Crippen LogP contribution is -2.26. The number of rotatable bonds is 18. The number of esters is 1. The highest BCUT2D eigenvalue weighted by Gasteiger charge is 2.35. The molecule has 0 radical (unpaired) electrons. The van der Waals surface area contributed by atoms with Gasteiger partial charge in [-0.2, -0.15) is 0 Å². The van der Waals surface area contributed by atoms with Crippen molar-refractivity contribution >= 4 is 11.8 Å². The smallest absolute Gasteiger partial charge is 0.305 e. The molecule has 4 heteroatoms. The molecule has 1 aliphatic carbocycles. The van der Waals surface area contributed by atoms with E-state index in [9.17, 15) is 9.59 Å². The van der Waals surface area contributed by atoms with Crippen LogP contribution >= 0.6 is 0 Å². The first-order chi connectivity index (χ1) is 15.6. The predicted octanol–water partition coefficient (Wildman–Crippen LogP) is 6.95. The first-order valence-corrected chi connectivity index (χ1v) is 13.2. The van der Waals surface area contributed by atoms with Crippen molar-refractivity contribution in [2.45, 2.75) is 123 Å². The maximum atomic E-state index is 12.7. The third kappa shape index (κ3) is 12.4. The van der Waals surface area contributed by atoms with Crippen LogP contribution < -0.4 is 0 Å². The lowest BCUT2D eigenvalue weighted by Gasteiger charge is -2.21. The highest BCUT2D eigenvalue weighted by Crippen LogP contribution is 2.30. The summed E-state index contributed by atoms with van der Waals surface area (Å²) in [6, 6.07) is 0. The lowest BCUT2D eigenvalue weighted by molar-refractivity contribution is -0.143. The Morgan fingerprint density at radius 1 is 0.906 bits per heavy atom. The van der Waals surface area contributed by atoms with Gasteiger partial charge in [-0.3, -0.25) is 9.59 Å². The standard InChI is InChI=1S/C28H46O4/c1-4-7-9-11-13-15-19-24-23-26(29)25(20-16-12-10-8-5-2)28(24)32-22-18-14-17-21-27(30)31-6-3/h23,25,28H,4-14,16-18,20-22H2,1-3H3/t25-,28+/m0/s1. The molecule has 1 rings (SSSR count). The number of hydrogen-bond donors (Lipinski definition) is 0. The third-order valence-corrected chi connectivity index (χ3v) is 5.97. The summed E-state index contributed by atoms with van der Waals surface area (Å²) in [6.07, 6.45) is 17.2. The molecule has 0 amide bonds. The molecule has 0 unspecified atom stereocenters. The minimum Gasteiger partial charge on any atom is -0.466 e. The second-order valence-electron chi connectivity index (χ2n) is 8.83. The van der Waals surface area contributed by atoms with E-state index in [1.807, 2.05) is 6.92 Å². The van der Waals surface area contributed by atoms with Crippen LogP contribution in [-0.2, 0) is 19.1 Å². The molecular formula is C28H46O4. The second-order valence-corrected chi connectivity index (χ2v) is 8.83. The summed E-state index contributed by atoms with van der Waals surface area (Å²) >= 11 is 0. The Bertz CT molecular complexity index is 611. The fraction of sp³-hybridized carbons (Fsp3) is 0.786. The Labute approximate surface area is 196 Å². The summed E-state index contributed by atoms with van der Waals surface area (Å²) in [7, 11) is 0. The number of hydrogen-bond acceptors (Lipinski definition) is 4. The molecule has 0 aliphatic heterocycles. The zero-order valence-corrected chi connectivity index (χ0v) is 20.9. The monoisotopic (exact) mass is 446 g/mol. The quantitative estimate of drug-likeness (QED) is 0.130. The largest absolute Gasteiger partial charge is 0.466 e. The third-order valence-electron chi connectivity index (χ3n) is 5.97. The number of allylic oxidation sites excluding steroid dienone is 1. The van der Waals surface area contributed by atoms with Crippen molar-refractivity contribution in [2.24, 2.45) is 5.92 Å². The summed E-state index contributed by atoms with van der Waals surface area (Å²) < 4.78 is 11.2. The van der Waals surface area contributed by atoms with Crippen LogP contribution in [0.25, 0.3) is 0 Å². The predicted molar refractivity (Wildman–Crippen MR) is 131 cm³/mol. The molecule has 0 aromatic carbocycles. The molecule has 0 heterocycles. The molecule has 2 atom stereocenters. The fourth-order valence-corrected chi connectivity index (χ4v) is 4.08. The van der Waals surface area contributed by atoms with Gasteiger partial charge < -0.3 is 9.47 Å². The summed E-state index contributed by atoms with van der Waals surface area (Å²) in [5.41, 5.74) is 0.871. The Morgan fingerprint density at radius 3 is 2.31 bits per heavy atom. The van der Waals surface area contributed by atoms with Crippen LogP contribution in [0.1, 0.15) is 117 Å². The molecule has 0 saturated carbocycles. The first-order valence-electron chi connectivity index (χ1n) is 13.2. The van der Waals surface area contributed by atoms with E-state index in [0.29, 0.717) is 19.6 Å². The van der Waals surface area contributed by atoms with E-state index in [2.05, 4.69) is 25.7 Å². The average Bonchev–Trinajstić information content (AvgIpc) is 3.07. The van der Waals surface area contributed by atoms with Gasteiger partial charge in [0, 0.05) is 25.0 Å². The van der Waals surface area contributed by atoms with Gasteiger partial charge in [-0.1, -0.05) is 83.5 Å². The molecule has 1 aliphatic rings. The van der Waals surface area contributed by atoms with Gasteiger partial charge >= 0.3 is 5.97 Å². The van der Waals surface area contributed by atoms with Gasteiger partial charge in [0.15, 0.2) is 5.78 Å². The van der Waals surface area contributed by atoms with Crippen LogP contribution in [0.4, 0.5) is 0 Å². The van der Waals surface area contributed by atoms with Gasteiger partial charge in [0.1, 0.15) is 6.10 Å². The Morgan fingerprint density at radius 2 is 1.59 bits per heavy atom. The van der Waals surface area contributed by atoms with Gasteiger partial charge in [-0.15, -0.1) is 0 Å². The van der Waals surface area contributed by atoms with Gasteiger partial charge in [-0.05, 0) is 38.7 Å². The van der Waals surface area contributed by atoms with E-state index in [4.69, 9.17) is 9.47 Å². The first kappa shape index (κ1) is 28.4. The number of carbonyl (C=O) groups is 2. The van der Waals surface area contributed by atoms with Crippen molar-refractivity contribution in [3.05, 3.63) is 11.6 Å². The zero-order chi connectivity index (χ0) is 23.4. The zero-order valence-electron chi connectivity index (χ0n) is 20.9. The Balaban J connectivity index is 2.52. The average molecular weight is 447 g/mol. The number of carbonyl (C=O) groups excluding carboxylic acids is 2. The minimum atomic E-state index is -0.193. The summed E-state index contributed by atoms with van der Waals surface area (Å²) in [4.78, 5) is 24.1. The highest BCUT2D eigenvalue weighted by molar-refractivity contribution is 5.97. The second kappa shape index (κ2) is 18.9.